The van der Waals surface area contributed by atoms with E-state index in [1.807, 2.05) is 6.07 Å². The molecule has 1 aromatic heterocycles. The summed E-state index contributed by atoms with van der Waals surface area (Å²) in [5.41, 5.74) is 1.05. The third-order valence-corrected chi connectivity index (χ3v) is 1.16. The Bertz CT molecular complexity index is 175. The second kappa shape index (κ2) is 7.19. The number of rotatable bonds is 1. The van der Waals surface area contributed by atoms with Crippen molar-refractivity contribution in [1.29, 1.82) is 0 Å². The van der Waals surface area contributed by atoms with Gasteiger partial charge in [-0.25, -0.2) is 0 Å². The van der Waals surface area contributed by atoms with Crippen molar-refractivity contribution in [3.63, 3.8) is 0 Å². The predicted molar refractivity (Wildman–Crippen MR) is 36.0 cm³/mol. The molecule has 1 aromatic rings. The molecule has 1 nitrogen and oxygen atoms in total. The van der Waals surface area contributed by atoms with E-state index in [2.05, 4.69) is 31.1 Å². The second-order valence-corrected chi connectivity index (χ2v) is 2.28. The number of hydrogen-bond donors (Lipinski definition) is 0. The zero-order valence-corrected chi connectivity index (χ0v) is 12.4. The summed E-state index contributed by atoms with van der Waals surface area (Å²) < 4.78 is 0. The van der Waals surface area contributed by atoms with Gasteiger partial charge in [-0.3, -0.25) is 18.3 Å². The molecule has 60 valence electrons. The molecule has 0 aliphatic heterocycles. The molecule has 3 heteroatoms. The SMILES string of the molecule is CC(C)c1c[c-]c[c-]n1.[W].[W]. The molecule has 0 N–H and O–H groups in total. The minimum Gasteiger partial charge on any atom is -0.525 e. The topological polar surface area (TPSA) is 12.9 Å². The van der Waals surface area contributed by atoms with Gasteiger partial charge in [0.2, 0.25) is 0 Å². The molecule has 0 aliphatic rings. The Balaban J connectivity index is 0. The fourth-order valence-corrected chi connectivity index (χ4v) is 0.599. The molecule has 1 heterocycles. The molecule has 0 aliphatic carbocycles. The van der Waals surface area contributed by atoms with Gasteiger partial charge in [-0.05, 0) is 0 Å². The van der Waals surface area contributed by atoms with E-state index < -0.39 is 0 Å². The van der Waals surface area contributed by atoms with Crippen LogP contribution in [-0.2, 0) is 42.1 Å². The van der Waals surface area contributed by atoms with E-state index in [-0.39, 0.29) is 42.1 Å². The maximum absolute atomic E-state index is 4.02. The molecule has 0 saturated carbocycles. The van der Waals surface area contributed by atoms with E-state index in [9.17, 15) is 0 Å². The minimum absolute atomic E-state index is 0. The van der Waals surface area contributed by atoms with Gasteiger partial charge < -0.3 is 11.1 Å². The summed E-state index contributed by atoms with van der Waals surface area (Å²) in [5.74, 6) is 0.485. The molecule has 1 rings (SSSR count). The van der Waals surface area contributed by atoms with Crippen LogP contribution in [0.1, 0.15) is 25.5 Å². The summed E-state index contributed by atoms with van der Waals surface area (Å²) in [4.78, 5) is 4.02. The summed E-state index contributed by atoms with van der Waals surface area (Å²) in [6.45, 7) is 4.20. The smallest absolute Gasteiger partial charge is 0 e. The molecule has 0 amide bonds. The van der Waals surface area contributed by atoms with Crippen LogP contribution in [0.15, 0.2) is 12.1 Å². The Morgan fingerprint density at radius 2 is 2.00 bits per heavy atom. The van der Waals surface area contributed by atoms with Crippen molar-refractivity contribution >= 4 is 0 Å². The molecule has 0 fully saturated rings. The minimum atomic E-state index is 0. The Morgan fingerprint density at radius 3 is 2.27 bits per heavy atom. The standard InChI is InChI=1S/C8H9N.2W/c1-7(2)8-5-3-4-6-9-8;;/h4-5,7H,1-2H3;;/q-2;;. The van der Waals surface area contributed by atoms with E-state index in [1.54, 1.807) is 6.07 Å². The monoisotopic (exact) mass is 487 g/mol. The molecule has 0 spiro atoms. The summed E-state index contributed by atoms with van der Waals surface area (Å²) in [6.07, 6.45) is 2.74. The average molecular weight is 487 g/mol. The van der Waals surface area contributed by atoms with Crippen LogP contribution in [0.4, 0.5) is 0 Å². The van der Waals surface area contributed by atoms with Crippen LogP contribution >= 0.6 is 0 Å². The largest absolute Gasteiger partial charge is 0.525 e. The quantitative estimate of drug-likeness (QED) is 0.552. The van der Waals surface area contributed by atoms with E-state index >= 15 is 0 Å². The molecular weight excluding hydrogens is 478 g/mol. The maximum Gasteiger partial charge on any atom is 0 e. The third-order valence-electron chi connectivity index (χ3n) is 1.16. The van der Waals surface area contributed by atoms with E-state index in [0.717, 1.165) is 5.69 Å². The van der Waals surface area contributed by atoms with Crippen LogP contribution in [-0.4, -0.2) is 4.98 Å². The first-order valence-corrected chi connectivity index (χ1v) is 3.05. The van der Waals surface area contributed by atoms with Crippen molar-refractivity contribution in [2.45, 2.75) is 19.8 Å². The number of hydrogen-bond acceptors (Lipinski definition) is 1. The molecule has 0 radical (unpaired) electrons. The molecule has 0 unspecified atom stereocenters. The number of nitrogens with zero attached hydrogens (tertiary/aromatic N) is 1. The fraction of sp³-hybridized carbons (Fsp3) is 0.375. The Hall–Kier alpha value is 0.527. The summed E-state index contributed by atoms with van der Waals surface area (Å²) in [6, 6.07) is 6.50. The Morgan fingerprint density at radius 1 is 1.36 bits per heavy atom. The van der Waals surface area contributed by atoms with E-state index in [4.69, 9.17) is 0 Å². The van der Waals surface area contributed by atoms with Gasteiger partial charge in [0, 0.05) is 42.1 Å². The van der Waals surface area contributed by atoms with Crippen LogP contribution in [0, 0.1) is 12.3 Å². The molecule has 0 aromatic carbocycles. The third kappa shape index (κ3) is 4.88. The van der Waals surface area contributed by atoms with Crippen molar-refractivity contribution in [2.24, 2.45) is 0 Å². The van der Waals surface area contributed by atoms with Gasteiger partial charge >= 0.3 is 0 Å². The van der Waals surface area contributed by atoms with Crippen molar-refractivity contribution in [3.8, 4) is 0 Å². The van der Waals surface area contributed by atoms with Crippen molar-refractivity contribution in [1.82, 2.24) is 4.98 Å². The first-order valence-electron chi connectivity index (χ1n) is 3.05. The Labute approximate surface area is 96.5 Å². The van der Waals surface area contributed by atoms with Crippen LogP contribution in [0.2, 0.25) is 0 Å². The molecule has 0 atom stereocenters. The Kier molecular flexibility index (Phi) is 9.20. The maximum atomic E-state index is 4.02. The second-order valence-electron chi connectivity index (χ2n) is 2.28. The first-order chi connectivity index (χ1) is 4.30. The zero-order valence-electron chi connectivity index (χ0n) is 6.50. The van der Waals surface area contributed by atoms with Crippen molar-refractivity contribution in [3.05, 3.63) is 30.1 Å². The van der Waals surface area contributed by atoms with Crippen LogP contribution in [0.25, 0.3) is 0 Å². The van der Waals surface area contributed by atoms with E-state index in [1.165, 1.54) is 0 Å². The van der Waals surface area contributed by atoms with Crippen LogP contribution in [0.5, 0.6) is 0 Å². The van der Waals surface area contributed by atoms with Crippen LogP contribution < -0.4 is 0 Å². The molecular formula is C8H9NW2-2. The zero-order chi connectivity index (χ0) is 6.69. The van der Waals surface area contributed by atoms with Gasteiger partial charge in [-0.15, -0.1) is 0 Å². The van der Waals surface area contributed by atoms with Crippen molar-refractivity contribution in [2.75, 3.05) is 0 Å². The molecule has 11 heavy (non-hydrogen) atoms. The van der Waals surface area contributed by atoms with Crippen LogP contribution in [0.3, 0.4) is 0 Å². The average Bonchev–Trinajstić information content (AvgIpc) is 1.90. The van der Waals surface area contributed by atoms with Crippen molar-refractivity contribution < 1.29 is 42.1 Å². The first kappa shape index (κ1) is 14.1. The predicted octanol–water partition coefficient (Wildman–Crippen LogP) is 1.80. The number of aromatic nitrogens is 1. The van der Waals surface area contributed by atoms with Gasteiger partial charge in [0.15, 0.2) is 0 Å². The normalized spacial score (nSPS) is 8.27. The fourth-order valence-electron chi connectivity index (χ4n) is 0.599. The van der Waals surface area contributed by atoms with Gasteiger partial charge in [0.25, 0.3) is 0 Å². The summed E-state index contributed by atoms with van der Waals surface area (Å²) in [7, 11) is 0. The summed E-state index contributed by atoms with van der Waals surface area (Å²) >= 11 is 0. The van der Waals surface area contributed by atoms with Gasteiger partial charge in [-0.2, -0.15) is 5.69 Å². The molecule has 0 saturated heterocycles. The van der Waals surface area contributed by atoms with Gasteiger partial charge in [-0.1, -0.05) is 19.8 Å². The van der Waals surface area contributed by atoms with E-state index in [0.29, 0.717) is 5.92 Å². The number of pyridine rings is 1. The van der Waals surface area contributed by atoms with Gasteiger partial charge in [0.05, 0.1) is 0 Å². The summed E-state index contributed by atoms with van der Waals surface area (Å²) in [5, 5.41) is 0. The molecule has 0 bridgehead atoms. The van der Waals surface area contributed by atoms with Gasteiger partial charge in [0.1, 0.15) is 0 Å².